The van der Waals surface area contributed by atoms with Crippen LogP contribution in [0.15, 0.2) is 48.5 Å². The molecule has 4 nitrogen and oxygen atoms in total. The molecule has 2 aromatic rings. The Balaban J connectivity index is 1.48. The van der Waals surface area contributed by atoms with Gasteiger partial charge >= 0.3 is 12.1 Å². The number of rotatable bonds is 18. The lowest BCUT2D eigenvalue weighted by Crippen LogP contribution is -2.32. The van der Waals surface area contributed by atoms with Crippen molar-refractivity contribution in [1.29, 1.82) is 0 Å². The second kappa shape index (κ2) is 15.3. The average Bonchev–Trinajstić information content (AvgIpc) is 3.67. The molecule has 216 valence electrons. The van der Waals surface area contributed by atoms with E-state index in [2.05, 4.69) is 13.8 Å². The number of alkyl halides is 3. The van der Waals surface area contributed by atoms with Gasteiger partial charge in [0.05, 0.1) is 24.2 Å². The van der Waals surface area contributed by atoms with Gasteiger partial charge in [0.2, 0.25) is 0 Å². The number of unbranched alkanes of at least 4 members (excludes halogenated alkanes) is 8. The molecule has 0 aromatic heterocycles. The molecule has 2 aromatic carbocycles. The molecule has 0 saturated heterocycles. The zero-order chi connectivity index (χ0) is 28.1. The summed E-state index contributed by atoms with van der Waals surface area (Å²) in [5, 5.41) is 0. The Morgan fingerprint density at radius 2 is 1.36 bits per heavy atom. The maximum Gasteiger partial charge on any atom is 0.398 e. The van der Waals surface area contributed by atoms with E-state index >= 15 is 0 Å². The quantitative estimate of drug-likeness (QED) is 0.106. The van der Waals surface area contributed by atoms with Crippen molar-refractivity contribution in [1.82, 2.24) is 0 Å². The number of ether oxygens (including phenoxy) is 3. The van der Waals surface area contributed by atoms with E-state index in [0.29, 0.717) is 24.5 Å². The Bertz CT molecular complexity index is 988. The molecule has 1 saturated carbocycles. The van der Waals surface area contributed by atoms with Crippen LogP contribution in [0.25, 0.3) is 0 Å². The molecule has 0 radical (unpaired) electrons. The van der Waals surface area contributed by atoms with Crippen molar-refractivity contribution in [3.8, 4) is 11.5 Å². The Hall–Kier alpha value is -2.54. The normalized spacial score (nSPS) is 18.6. The highest BCUT2D eigenvalue weighted by Gasteiger charge is 2.71. The van der Waals surface area contributed by atoms with Crippen molar-refractivity contribution in [3.63, 3.8) is 0 Å². The van der Waals surface area contributed by atoms with Crippen molar-refractivity contribution in [2.24, 2.45) is 5.92 Å². The number of hydrogen-bond acceptors (Lipinski definition) is 4. The minimum Gasteiger partial charge on any atom is -0.494 e. The van der Waals surface area contributed by atoms with Crippen LogP contribution in [-0.4, -0.2) is 32.0 Å². The Kier molecular flexibility index (Phi) is 12.2. The van der Waals surface area contributed by atoms with E-state index in [-0.39, 0.29) is 24.3 Å². The molecule has 0 spiro atoms. The number of esters is 1. The fraction of sp³-hybridized carbons (Fsp3) is 0.594. The summed E-state index contributed by atoms with van der Waals surface area (Å²) in [5.74, 6) is -0.282. The molecule has 0 aliphatic heterocycles. The first-order valence-corrected chi connectivity index (χ1v) is 14.5. The third kappa shape index (κ3) is 8.99. The van der Waals surface area contributed by atoms with E-state index in [0.717, 1.165) is 38.5 Å². The zero-order valence-electron chi connectivity index (χ0n) is 23.4. The third-order valence-corrected chi connectivity index (χ3v) is 7.51. The molecule has 0 N–H and O–H groups in total. The molecule has 7 heteroatoms. The first kappa shape index (κ1) is 31.0. The lowest BCUT2D eigenvalue weighted by Gasteiger charge is -2.22. The summed E-state index contributed by atoms with van der Waals surface area (Å²) in [6.07, 6.45) is 6.85. The summed E-state index contributed by atoms with van der Waals surface area (Å²) in [7, 11) is 0. The maximum atomic E-state index is 14.1. The lowest BCUT2D eigenvalue weighted by molar-refractivity contribution is -0.166. The van der Waals surface area contributed by atoms with Gasteiger partial charge in [-0.25, -0.2) is 4.79 Å². The van der Waals surface area contributed by atoms with Gasteiger partial charge < -0.3 is 14.2 Å². The number of carbonyl (C=O) groups excluding carboxylic acids is 1. The van der Waals surface area contributed by atoms with Gasteiger partial charge in [0, 0.05) is 12.5 Å². The van der Waals surface area contributed by atoms with Crippen molar-refractivity contribution in [3.05, 3.63) is 59.7 Å². The molecule has 2 atom stereocenters. The van der Waals surface area contributed by atoms with Gasteiger partial charge in [-0.05, 0) is 61.2 Å². The Labute approximate surface area is 231 Å². The van der Waals surface area contributed by atoms with Crippen LogP contribution in [0.5, 0.6) is 11.5 Å². The van der Waals surface area contributed by atoms with E-state index in [1.54, 1.807) is 24.3 Å². The van der Waals surface area contributed by atoms with Gasteiger partial charge in [0.15, 0.2) is 0 Å². The highest BCUT2D eigenvalue weighted by molar-refractivity contribution is 5.91. The van der Waals surface area contributed by atoms with Crippen molar-refractivity contribution < 1.29 is 32.2 Å². The standard InChI is InChI=1S/C32H43F3O4/c1-3-5-7-9-10-12-22-38-28-17-13-25(14-18-28)30(36)39-29-19-15-26(16-20-29)31(32(33,34)35)23-27(31)24-37-21-11-8-6-4-2/h13-20,27H,3-12,21-24H2,1-2H3/t27-,31-/m1/s1. The van der Waals surface area contributed by atoms with Crippen LogP contribution in [0.4, 0.5) is 13.2 Å². The van der Waals surface area contributed by atoms with E-state index < -0.39 is 23.5 Å². The highest BCUT2D eigenvalue weighted by Crippen LogP contribution is 2.63. The zero-order valence-corrected chi connectivity index (χ0v) is 23.4. The van der Waals surface area contributed by atoms with E-state index in [4.69, 9.17) is 14.2 Å². The third-order valence-electron chi connectivity index (χ3n) is 7.51. The molecule has 0 unspecified atom stereocenters. The first-order valence-electron chi connectivity index (χ1n) is 14.5. The van der Waals surface area contributed by atoms with E-state index in [1.165, 1.54) is 49.9 Å². The SMILES string of the molecule is CCCCCCCCOc1ccc(C(=O)Oc2ccc([C@]3(C(F)(F)F)C[C@@H]3COCCCCCC)cc2)cc1. The Morgan fingerprint density at radius 1 is 0.795 bits per heavy atom. The van der Waals surface area contributed by atoms with Crippen LogP contribution in [0.2, 0.25) is 0 Å². The molecule has 39 heavy (non-hydrogen) atoms. The van der Waals surface area contributed by atoms with Crippen LogP contribution in [0.1, 0.15) is 100 Å². The summed E-state index contributed by atoms with van der Waals surface area (Å²) in [6, 6.07) is 12.4. The van der Waals surface area contributed by atoms with E-state index in [9.17, 15) is 18.0 Å². The van der Waals surface area contributed by atoms with Crippen LogP contribution in [-0.2, 0) is 10.2 Å². The molecule has 1 fully saturated rings. The Morgan fingerprint density at radius 3 is 2.00 bits per heavy atom. The molecule has 0 heterocycles. The smallest absolute Gasteiger partial charge is 0.398 e. The monoisotopic (exact) mass is 548 g/mol. The van der Waals surface area contributed by atoms with Crippen LogP contribution < -0.4 is 9.47 Å². The first-order chi connectivity index (χ1) is 18.8. The van der Waals surface area contributed by atoms with Gasteiger partial charge in [0.25, 0.3) is 0 Å². The molecule has 1 aliphatic rings. The summed E-state index contributed by atoms with van der Waals surface area (Å²) >= 11 is 0. The lowest BCUT2D eigenvalue weighted by atomic mass is 9.92. The summed E-state index contributed by atoms with van der Waals surface area (Å²) < 4.78 is 59.0. The topological polar surface area (TPSA) is 44.8 Å². The second-order valence-corrected chi connectivity index (χ2v) is 10.6. The minimum atomic E-state index is -4.37. The summed E-state index contributed by atoms with van der Waals surface area (Å²) in [4.78, 5) is 12.6. The fourth-order valence-corrected chi connectivity index (χ4v) is 5.00. The van der Waals surface area contributed by atoms with Crippen molar-refractivity contribution in [2.45, 2.75) is 96.1 Å². The summed E-state index contributed by atoms with van der Waals surface area (Å²) in [6.45, 7) is 5.53. The molecule has 3 rings (SSSR count). The van der Waals surface area contributed by atoms with Crippen molar-refractivity contribution in [2.75, 3.05) is 19.8 Å². The predicted molar refractivity (Wildman–Crippen MR) is 148 cm³/mol. The molecule has 0 bridgehead atoms. The van der Waals surface area contributed by atoms with Crippen molar-refractivity contribution >= 4 is 5.97 Å². The summed E-state index contributed by atoms with van der Waals surface area (Å²) in [5.41, 5.74) is -1.37. The van der Waals surface area contributed by atoms with Gasteiger partial charge in [0.1, 0.15) is 11.5 Å². The molecule has 1 aliphatic carbocycles. The van der Waals surface area contributed by atoms with Crippen LogP contribution in [0, 0.1) is 5.92 Å². The van der Waals surface area contributed by atoms with Gasteiger partial charge in [-0.3, -0.25) is 0 Å². The van der Waals surface area contributed by atoms with E-state index in [1.807, 2.05) is 0 Å². The largest absolute Gasteiger partial charge is 0.494 e. The molecular formula is C32H43F3O4. The van der Waals surface area contributed by atoms with Gasteiger partial charge in [-0.15, -0.1) is 0 Å². The van der Waals surface area contributed by atoms with Gasteiger partial charge in [-0.1, -0.05) is 77.3 Å². The number of hydrogen-bond donors (Lipinski definition) is 0. The highest BCUT2D eigenvalue weighted by atomic mass is 19.4. The fourth-order valence-electron chi connectivity index (χ4n) is 5.00. The molecular weight excluding hydrogens is 505 g/mol. The second-order valence-electron chi connectivity index (χ2n) is 10.6. The molecule has 0 amide bonds. The van der Waals surface area contributed by atoms with Crippen LogP contribution in [0.3, 0.4) is 0 Å². The minimum absolute atomic E-state index is 0.0118. The van der Waals surface area contributed by atoms with Crippen LogP contribution >= 0.6 is 0 Å². The average molecular weight is 549 g/mol. The number of benzene rings is 2. The number of carbonyl (C=O) groups is 1. The predicted octanol–water partition coefficient (Wildman–Crippen LogP) is 9.06. The van der Waals surface area contributed by atoms with Gasteiger partial charge in [-0.2, -0.15) is 13.2 Å². The maximum absolute atomic E-state index is 14.1. The number of halogens is 3.